The molecule has 0 unspecified atom stereocenters. The van der Waals surface area contributed by atoms with Gasteiger partial charge in [0.15, 0.2) is 0 Å². The van der Waals surface area contributed by atoms with Crippen LogP contribution >= 0.6 is 11.6 Å². The summed E-state index contributed by atoms with van der Waals surface area (Å²) in [7, 11) is 0. The molecule has 1 amide bonds. The van der Waals surface area contributed by atoms with Gasteiger partial charge in [0.25, 0.3) is 0 Å². The molecule has 0 fully saturated rings. The number of carbonyl (C=O) groups is 1. The number of ether oxygens (including phenoxy) is 1. The highest BCUT2D eigenvalue weighted by Crippen LogP contribution is 2.19. The van der Waals surface area contributed by atoms with Crippen molar-refractivity contribution in [2.75, 3.05) is 23.8 Å². The third-order valence-corrected chi connectivity index (χ3v) is 3.38. The molecule has 24 heavy (non-hydrogen) atoms. The summed E-state index contributed by atoms with van der Waals surface area (Å²) in [5.74, 6) is 0.483. The third-order valence-electron chi connectivity index (χ3n) is 3.09. The van der Waals surface area contributed by atoms with E-state index in [9.17, 15) is 9.18 Å². The highest BCUT2D eigenvalue weighted by molar-refractivity contribution is 6.31. The average molecular weight is 351 g/mol. The first-order valence-corrected chi connectivity index (χ1v) is 8.03. The molecule has 2 rings (SSSR count). The number of rotatable bonds is 7. The van der Waals surface area contributed by atoms with Gasteiger partial charge in [0, 0.05) is 11.4 Å². The summed E-state index contributed by atoms with van der Waals surface area (Å²) in [4.78, 5) is 11.9. The van der Waals surface area contributed by atoms with Crippen LogP contribution in [0.25, 0.3) is 0 Å². The van der Waals surface area contributed by atoms with E-state index in [0.717, 1.165) is 11.4 Å². The molecule has 0 aromatic heterocycles. The summed E-state index contributed by atoms with van der Waals surface area (Å²) in [6.07, 6.45) is 0. The van der Waals surface area contributed by atoms with Crippen LogP contribution in [0.4, 0.5) is 15.8 Å². The van der Waals surface area contributed by atoms with E-state index in [-0.39, 0.29) is 17.5 Å². The first-order valence-electron chi connectivity index (χ1n) is 7.65. The molecule has 0 aliphatic carbocycles. The van der Waals surface area contributed by atoms with Crippen molar-refractivity contribution in [1.82, 2.24) is 0 Å². The maximum atomic E-state index is 13.1. The summed E-state index contributed by atoms with van der Waals surface area (Å²) in [6.45, 7) is 4.92. The van der Waals surface area contributed by atoms with Gasteiger partial charge in [-0.15, -0.1) is 0 Å². The molecule has 0 radical (unpaired) electrons. The van der Waals surface area contributed by atoms with Crippen molar-refractivity contribution in [2.24, 2.45) is 5.92 Å². The topological polar surface area (TPSA) is 50.4 Å². The van der Waals surface area contributed by atoms with E-state index in [1.54, 1.807) is 0 Å². The van der Waals surface area contributed by atoms with Crippen molar-refractivity contribution in [3.63, 3.8) is 0 Å². The number of benzene rings is 2. The van der Waals surface area contributed by atoms with E-state index in [0.29, 0.717) is 18.2 Å². The van der Waals surface area contributed by atoms with E-state index in [1.807, 2.05) is 24.3 Å². The molecule has 0 saturated carbocycles. The predicted molar refractivity (Wildman–Crippen MR) is 95.3 cm³/mol. The number of hydrogen-bond acceptors (Lipinski definition) is 3. The van der Waals surface area contributed by atoms with Gasteiger partial charge in [-0.05, 0) is 48.4 Å². The van der Waals surface area contributed by atoms with Crippen molar-refractivity contribution in [2.45, 2.75) is 13.8 Å². The van der Waals surface area contributed by atoms with Crippen molar-refractivity contribution < 1.29 is 13.9 Å². The second-order valence-corrected chi connectivity index (χ2v) is 6.17. The highest BCUT2D eigenvalue weighted by Gasteiger charge is 2.05. The van der Waals surface area contributed by atoms with E-state index in [4.69, 9.17) is 16.3 Å². The van der Waals surface area contributed by atoms with Gasteiger partial charge in [0.2, 0.25) is 5.91 Å². The van der Waals surface area contributed by atoms with Crippen molar-refractivity contribution in [1.29, 1.82) is 0 Å². The summed E-state index contributed by atoms with van der Waals surface area (Å²) >= 11 is 5.68. The Kier molecular flexibility index (Phi) is 6.44. The largest absolute Gasteiger partial charge is 0.493 e. The Morgan fingerprint density at radius 2 is 1.83 bits per heavy atom. The number of amides is 1. The van der Waals surface area contributed by atoms with Gasteiger partial charge in [-0.25, -0.2) is 4.39 Å². The van der Waals surface area contributed by atoms with Crippen LogP contribution in [0.15, 0.2) is 42.5 Å². The number of anilines is 2. The summed E-state index contributed by atoms with van der Waals surface area (Å²) in [6, 6.07) is 11.4. The van der Waals surface area contributed by atoms with Crippen molar-refractivity contribution in [3.8, 4) is 5.75 Å². The molecule has 128 valence electrons. The van der Waals surface area contributed by atoms with Crippen LogP contribution in [0.2, 0.25) is 5.02 Å². The van der Waals surface area contributed by atoms with Crippen LogP contribution in [0.1, 0.15) is 13.8 Å². The number of hydrogen-bond donors (Lipinski definition) is 2. The number of nitrogens with one attached hydrogen (secondary N) is 2. The van der Waals surface area contributed by atoms with Crippen molar-refractivity contribution in [3.05, 3.63) is 53.3 Å². The van der Waals surface area contributed by atoms with Crippen molar-refractivity contribution >= 4 is 28.9 Å². The van der Waals surface area contributed by atoms with Gasteiger partial charge in [-0.1, -0.05) is 25.4 Å². The highest BCUT2D eigenvalue weighted by atomic mass is 35.5. The monoisotopic (exact) mass is 350 g/mol. The minimum absolute atomic E-state index is 0.0299. The Labute approximate surface area is 146 Å². The quantitative estimate of drug-likeness (QED) is 0.769. The molecule has 6 heteroatoms. The molecule has 0 bridgehead atoms. The Balaban J connectivity index is 1.81. The van der Waals surface area contributed by atoms with Gasteiger partial charge in [0.05, 0.1) is 18.2 Å². The molecule has 0 spiro atoms. The lowest BCUT2D eigenvalue weighted by Crippen LogP contribution is -2.21. The second kappa shape index (κ2) is 8.55. The molecule has 0 saturated heterocycles. The van der Waals surface area contributed by atoms with Gasteiger partial charge in [-0.3, -0.25) is 4.79 Å². The standard InChI is InChI=1S/C18H20ClFN2O2/c1-12(2)11-24-15-6-3-13(4-7-15)21-10-18(23)22-14-5-8-17(20)16(19)9-14/h3-9,12,21H,10-11H2,1-2H3,(H,22,23). The fourth-order valence-corrected chi connectivity index (χ4v) is 2.07. The summed E-state index contributed by atoms with van der Waals surface area (Å²) in [5.41, 5.74) is 1.25. The molecule has 0 heterocycles. The lowest BCUT2D eigenvalue weighted by molar-refractivity contribution is -0.114. The van der Waals surface area contributed by atoms with E-state index in [2.05, 4.69) is 24.5 Å². The molecule has 0 aliphatic rings. The van der Waals surface area contributed by atoms with Gasteiger partial charge in [0.1, 0.15) is 11.6 Å². The van der Waals surface area contributed by atoms with Crippen LogP contribution in [-0.2, 0) is 4.79 Å². The zero-order valence-corrected chi connectivity index (χ0v) is 14.4. The fourth-order valence-electron chi connectivity index (χ4n) is 1.89. The minimum atomic E-state index is -0.521. The van der Waals surface area contributed by atoms with E-state index in [1.165, 1.54) is 18.2 Å². The summed E-state index contributed by atoms with van der Waals surface area (Å²) < 4.78 is 18.7. The Morgan fingerprint density at radius 3 is 2.46 bits per heavy atom. The fraction of sp³-hybridized carbons (Fsp3) is 0.278. The first kappa shape index (κ1) is 18.1. The average Bonchev–Trinajstić information content (AvgIpc) is 2.55. The van der Waals surface area contributed by atoms with Crippen LogP contribution in [0.3, 0.4) is 0 Å². The molecule has 0 atom stereocenters. The number of carbonyl (C=O) groups excluding carboxylic acids is 1. The smallest absolute Gasteiger partial charge is 0.243 e. The maximum Gasteiger partial charge on any atom is 0.243 e. The predicted octanol–water partition coefficient (Wildman–Crippen LogP) is 4.56. The van der Waals surface area contributed by atoms with E-state index >= 15 is 0 Å². The van der Waals surface area contributed by atoms with Crippen LogP contribution in [0.5, 0.6) is 5.75 Å². The van der Waals surface area contributed by atoms with Crippen LogP contribution in [-0.4, -0.2) is 19.1 Å². The van der Waals surface area contributed by atoms with E-state index < -0.39 is 5.82 Å². The molecule has 2 aromatic carbocycles. The lowest BCUT2D eigenvalue weighted by Gasteiger charge is -2.11. The minimum Gasteiger partial charge on any atom is -0.493 e. The SMILES string of the molecule is CC(C)COc1ccc(NCC(=O)Nc2ccc(F)c(Cl)c2)cc1. The van der Waals surface area contributed by atoms with Gasteiger partial charge >= 0.3 is 0 Å². The molecule has 4 nitrogen and oxygen atoms in total. The molecule has 2 aromatic rings. The van der Waals surface area contributed by atoms with Crippen LogP contribution < -0.4 is 15.4 Å². The zero-order chi connectivity index (χ0) is 17.5. The molecule has 2 N–H and O–H groups in total. The Hall–Kier alpha value is -2.27. The molecule has 0 aliphatic heterocycles. The molecular formula is C18H20ClFN2O2. The van der Waals surface area contributed by atoms with Gasteiger partial charge in [-0.2, -0.15) is 0 Å². The van der Waals surface area contributed by atoms with Crippen LogP contribution in [0, 0.1) is 11.7 Å². The summed E-state index contributed by atoms with van der Waals surface area (Å²) in [5, 5.41) is 5.63. The maximum absolute atomic E-state index is 13.1. The number of halogens is 2. The van der Waals surface area contributed by atoms with Gasteiger partial charge < -0.3 is 15.4 Å². The second-order valence-electron chi connectivity index (χ2n) is 5.76. The third kappa shape index (κ3) is 5.74. The Bertz CT molecular complexity index is 690. The Morgan fingerprint density at radius 1 is 1.17 bits per heavy atom. The normalized spacial score (nSPS) is 10.5. The first-order chi connectivity index (χ1) is 11.4. The molecular weight excluding hydrogens is 331 g/mol. The zero-order valence-electron chi connectivity index (χ0n) is 13.6. The lowest BCUT2D eigenvalue weighted by atomic mass is 10.2.